The number of morpholine rings is 1. The first-order valence-corrected chi connectivity index (χ1v) is 9.79. The topological polar surface area (TPSA) is 58.1 Å². The van der Waals surface area contributed by atoms with Crippen molar-refractivity contribution in [2.45, 2.75) is 6.54 Å². The summed E-state index contributed by atoms with van der Waals surface area (Å²) >= 11 is 0. The van der Waals surface area contributed by atoms with Gasteiger partial charge in [0.25, 0.3) is 0 Å². The zero-order valence-electron chi connectivity index (χ0n) is 16.0. The predicted molar refractivity (Wildman–Crippen MR) is 105 cm³/mol. The molecule has 0 bridgehead atoms. The van der Waals surface area contributed by atoms with Gasteiger partial charge in [-0.05, 0) is 18.2 Å². The summed E-state index contributed by atoms with van der Waals surface area (Å²) in [5, 5.41) is 0. The van der Waals surface area contributed by atoms with Crippen molar-refractivity contribution in [1.29, 1.82) is 0 Å². The Kier molecular flexibility index (Phi) is 6.04. The standard InChI is InChI=1S/C21H26N4O3/c26-21(25-12-14-27-15-13-25)24-10-8-23(9-11-24)17-18-4-1-2-6-20(18)28-19-5-3-7-22-16-19/h1-7,16H,8-15,17H2. The molecule has 2 fully saturated rings. The summed E-state index contributed by atoms with van der Waals surface area (Å²) < 4.78 is 11.4. The number of rotatable bonds is 4. The number of carbonyl (C=O) groups is 1. The number of carbonyl (C=O) groups excluding carboxylic acids is 1. The van der Waals surface area contributed by atoms with Gasteiger partial charge in [-0.3, -0.25) is 9.88 Å². The van der Waals surface area contributed by atoms with Crippen LogP contribution in [0.1, 0.15) is 5.56 Å². The Morgan fingerprint density at radius 3 is 2.46 bits per heavy atom. The van der Waals surface area contributed by atoms with E-state index in [1.165, 1.54) is 0 Å². The molecule has 2 aliphatic heterocycles. The van der Waals surface area contributed by atoms with E-state index in [0.717, 1.165) is 49.8 Å². The van der Waals surface area contributed by atoms with Crippen LogP contribution in [0.4, 0.5) is 4.79 Å². The van der Waals surface area contributed by atoms with Crippen molar-refractivity contribution in [3.05, 3.63) is 54.4 Å². The molecular formula is C21H26N4O3. The fourth-order valence-corrected chi connectivity index (χ4v) is 3.56. The van der Waals surface area contributed by atoms with Crippen LogP contribution in [-0.2, 0) is 11.3 Å². The average Bonchev–Trinajstić information content (AvgIpc) is 2.76. The lowest BCUT2D eigenvalue weighted by molar-refractivity contribution is 0.0372. The van der Waals surface area contributed by atoms with E-state index in [4.69, 9.17) is 9.47 Å². The third kappa shape index (κ3) is 4.61. The predicted octanol–water partition coefficient (Wildman–Crippen LogP) is 2.44. The molecule has 0 saturated carbocycles. The monoisotopic (exact) mass is 382 g/mol. The van der Waals surface area contributed by atoms with Gasteiger partial charge in [0.15, 0.2) is 0 Å². The van der Waals surface area contributed by atoms with Gasteiger partial charge in [0.1, 0.15) is 11.5 Å². The van der Waals surface area contributed by atoms with Crippen molar-refractivity contribution in [3.8, 4) is 11.5 Å². The molecule has 148 valence electrons. The van der Waals surface area contributed by atoms with Crippen LogP contribution < -0.4 is 4.74 Å². The fraction of sp³-hybridized carbons (Fsp3) is 0.429. The van der Waals surface area contributed by atoms with Gasteiger partial charge in [-0.15, -0.1) is 0 Å². The number of urea groups is 1. The summed E-state index contributed by atoms with van der Waals surface area (Å²) in [6, 6.07) is 12.0. The second-order valence-corrected chi connectivity index (χ2v) is 7.04. The van der Waals surface area contributed by atoms with Crippen molar-refractivity contribution in [1.82, 2.24) is 19.7 Å². The maximum atomic E-state index is 12.6. The second-order valence-electron chi connectivity index (χ2n) is 7.04. The Balaban J connectivity index is 1.33. The van der Waals surface area contributed by atoms with Crippen LogP contribution in [-0.4, -0.2) is 78.2 Å². The molecule has 0 spiro atoms. The first-order chi connectivity index (χ1) is 13.8. The molecule has 0 radical (unpaired) electrons. The summed E-state index contributed by atoms with van der Waals surface area (Å²) in [6.45, 7) is 6.68. The number of benzene rings is 1. The molecule has 2 saturated heterocycles. The van der Waals surface area contributed by atoms with Gasteiger partial charge in [-0.2, -0.15) is 0 Å². The Bertz CT molecular complexity index is 772. The second kappa shape index (κ2) is 9.03. The molecule has 0 unspecified atom stereocenters. The van der Waals surface area contributed by atoms with Gasteiger partial charge in [0, 0.05) is 57.6 Å². The number of piperazine rings is 1. The minimum atomic E-state index is 0.142. The van der Waals surface area contributed by atoms with E-state index >= 15 is 0 Å². The van der Waals surface area contributed by atoms with Crippen LogP contribution in [0.15, 0.2) is 48.8 Å². The van der Waals surface area contributed by atoms with Crippen molar-refractivity contribution in [3.63, 3.8) is 0 Å². The third-order valence-electron chi connectivity index (χ3n) is 5.15. The van der Waals surface area contributed by atoms with Crippen LogP contribution in [0.25, 0.3) is 0 Å². The molecule has 2 aliphatic rings. The Hall–Kier alpha value is -2.64. The average molecular weight is 382 g/mol. The molecule has 1 aromatic carbocycles. The zero-order chi connectivity index (χ0) is 19.2. The number of pyridine rings is 1. The number of hydrogen-bond acceptors (Lipinski definition) is 5. The van der Waals surface area contributed by atoms with E-state index in [2.05, 4.69) is 16.0 Å². The minimum Gasteiger partial charge on any atom is -0.455 e. The molecule has 2 aromatic rings. The van der Waals surface area contributed by atoms with Crippen molar-refractivity contribution in [2.75, 3.05) is 52.5 Å². The van der Waals surface area contributed by atoms with Gasteiger partial charge < -0.3 is 19.3 Å². The largest absolute Gasteiger partial charge is 0.455 e. The summed E-state index contributed by atoms with van der Waals surface area (Å²) in [4.78, 5) is 23.0. The van der Waals surface area contributed by atoms with Crippen LogP contribution in [0.3, 0.4) is 0 Å². The van der Waals surface area contributed by atoms with E-state index in [1.54, 1.807) is 12.4 Å². The van der Waals surface area contributed by atoms with Crippen molar-refractivity contribution < 1.29 is 14.3 Å². The van der Waals surface area contributed by atoms with E-state index in [9.17, 15) is 4.79 Å². The fourth-order valence-electron chi connectivity index (χ4n) is 3.56. The minimum absolute atomic E-state index is 0.142. The molecule has 4 rings (SSSR count). The van der Waals surface area contributed by atoms with E-state index in [0.29, 0.717) is 26.3 Å². The molecular weight excluding hydrogens is 356 g/mol. The summed E-state index contributed by atoms with van der Waals surface area (Å²) in [5.74, 6) is 1.58. The summed E-state index contributed by atoms with van der Waals surface area (Å²) in [7, 11) is 0. The maximum Gasteiger partial charge on any atom is 0.320 e. The highest BCUT2D eigenvalue weighted by molar-refractivity contribution is 5.74. The van der Waals surface area contributed by atoms with E-state index in [1.807, 2.05) is 40.1 Å². The van der Waals surface area contributed by atoms with Crippen LogP contribution >= 0.6 is 0 Å². The quantitative estimate of drug-likeness (QED) is 0.813. The van der Waals surface area contributed by atoms with Crippen LogP contribution in [0.5, 0.6) is 11.5 Å². The number of hydrogen-bond donors (Lipinski definition) is 0. The zero-order valence-corrected chi connectivity index (χ0v) is 16.0. The lowest BCUT2D eigenvalue weighted by Crippen LogP contribution is -2.54. The molecule has 1 aromatic heterocycles. The molecule has 3 heterocycles. The van der Waals surface area contributed by atoms with Gasteiger partial charge in [-0.25, -0.2) is 4.79 Å². The highest BCUT2D eigenvalue weighted by Crippen LogP contribution is 2.26. The number of ether oxygens (including phenoxy) is 2. The number of para-hydroxylation sites is 1. The Labute approximate surface area is 165 Å². The summed E-state index contributed by atoms with van der Waals surface area (Å²) in [6.07, 6.45) is 3.45. The van der Waals surface area contributed by atoms with Gasteiger partial charge >= 0.3 is 6.03 Å². The molecule has 0 atom stereocenters. The van der Waals surface area contributed by atoms with Crippen LogP contribution in [0, 0.1) is 0 Å². The molecule has 0 N–H and O–H groups in total. The Morgan fingerprint density at radius 2 is 1.71 bits per heavy atom. The maximum absolute atomic E-state index is 12.6. The van der Waals surface area contributed by atoms with Crippen LogP contribution in [0.2, 0.25) is 0 Å². The lowest BCUT2D eigenvalue weighted by Gasteiger charge is -2.38. The third-order valence-corrected chi connectivity index (χ3v) is 5.15. The first-order valence-electron chi connectivity index (χ1n) is 9.79. The molecule has 28 heavy (non-hydrogen) atoms. The molecule has 7 heteroatoms. The van der Waals surface area contributed by atoms with Gasteiger partial charge in [-0.1, -0.05) is 18.2 Å². The molecule has 2 amide bonds. The van der Waals surface area contributed by atoms with E-state index < -0.39 is 0 Å². The smallest absolute Gasteiger partial charge is 0.320 e. The lowest BCUT2D eigenvalue weighted by atomic mass is 10.1. The first kappa shape index (κ1) is 18.7. The van der Waals surface area contributed by atoms with E-state index in [-0.39, 0.29) is 6.03 Å². The Morgan fingerprint density at radius 1 is 0.964 bits per heavy atom. The normalized spacial score (nSPS) is 18.1. The summed E-state index contributed by atoms with van der Waals surface area (Å²) in [5.41, 5.74) is 1.14. The van der Waals surface area contributed by atoms with Crippen molar-refractivity contribution in [2.24, 2.45) is 0 Å². The van der Waals surface area contributed by atoms with Crippen molar-refractivity contribution >= 4 is 6.03 Å². The highest BCUT2D eigenvalue weighted by atomic mass is 16.5. The van der Waals surface area contributed by atoms with Gasteiger partial charge in [0.2, 0.25) is 0 Å². The number of amides is 2. The molecule has 0 aliphatic carbocycles. The highest BCUT2D eigenvalue weighted by Gasteiger charge is 2.26. The molecule has 7 nitrogen and oxygen atoms in total. The SMILES string of the molecule is O=C(N1CCOCC1)N1CCN(Cc2ccccc2Oc2cccnc2)CC1. The number of nitrogens with zero attached hydrogens (tertiary/aromatic N) is 4. The number of aromatic nitrogens is 1. The van der Waals surface area contributed by atoms with Gasteiger partial charge in [0.05, 0.1) is 19.4 Å².